The molecule has 2 aromatic rings. The highest BCUT2D eigenvalue weighted by Gasteiger charge is 2.46. The van der Waals surface area contributed by atoms with Gasteiger partial charge in [0.05, 0.1) is 19.3 Å². The number of thioether (sulfide) groups is 1. The minimum Gasteiger partial charge on any atom is -0.375 e. The highest BCUT2D eigenvalue weighted by atomic mass is 32.2. The van der Waals surface area contributed by atoms with Gasteiger partial charge in [0.2, 0.25) is 0 Å². The zero-order chi connectivity index (χ0) is 19.8. The van der Waals surface area contributed by atoms with Gasteiger partial charge in [-0.15, -0.1) is 11.8 Å². The second kappa shape index (κ2) is 11.0. The summed E-state index contributed by atoms with van der Waals surface area (Å²) in [7, 11) is 1.72. The maximum atomic E-state index is 6.38. The molecule has 28 heavy (non-hydrogen) atoms. The molecule has 1 saturated heterocycles. The summed E-state index contributed by atoms with van der Waals surface area (Å²) >= 11 is 1.75. The van der Waals surface area contributed by atoms with Crippen LogP contribution < -0.4 is 0 Å². The molecule has 0 aliphatic carbocycles. The zero-order valence-corrected chi connectivity index (χ0v) is 17.6. The molecule has 4 nitrogen and oxygen atoms in total. The van der Waals surface area contributed by atoms with E-state index in [1.165, 1.54) is 0 Å². The van der Waals surface area contributed by atoms with Crippen LogP contribution in [-0.2, 0) is 32.2 Å². The molecular weight excluding hydrogens is 372 g/mol. The first kappa shape index (κ1) is 21.3. The summed E-state index contributed by atoms with van der Waals surface area (Å²) < 4.78 is 24.8. The first-order valence-corrected chi connectivity index (χ1v) is 10.9. The van der Waals surface area contributed by atoms with Crippen LogP contribution in [0.1, 0.15) is 25.0 Å². The lowest BCUT2D eigenvalue weighted by Gasteiger charge is -2.44. The molecule has 0 radical (unpaired) electrons. The van der Waals surface area contributed by atoms with Crippen LogP contribution in [0.15, 0.2) is 60.7 Å². The summed E-state index contributed by atoms with van der Waals surface area (Å²) in [4.78, 5) is 0. The SMILES string of the molecule is CCS[C@@H]1O[C@@H](C)[C@H](OCc2ccccc2)[C@@H](OCc2ccccc2)[C@H]1OC. The van der Waals surface area contributed by atoms with Gasteiger partial charge < -0.3 is 18.9 Å². The molecule has 0 aromatic heterocycles. The average Bonchev–Trinajstić information content (AvgIpc) is 2.73. The molecule has 0 N–H and O–H groups in total. The predicted octanol–water partition coefficient (Wildman–Crippen LogP) is 4.67. The van der Waals surface area contributed by atoms with E-state index in [0.29, 0.717) is 13.2 Å². The highest BCUT2D eigenvalue weighted by Crippen LogP contribution is 2.34. The lowest BCUT2D eigenvalue weighted by molar-refractivity contribution is -0.235. The summed E-state index contributed by atoms with van der Waals surface area (Å²) in [6.07, 6.45) is -0.685. The lowest BCUT2D eigenvalue weighted by atomic mass is 10.00. The van der Waals surface area contributed by atoms with Gasteiger partial charge in [0.25, 0.3) is 0 Å². The molecule has 152 valence electrons. The van der Waals surface area contributed by atoms with E-state index in [0.717, 1.165) is 16.9 Å². The average molecular weight is 403 g/mol. The Bertz CT molecular complexity index is 682. The first-order chi connectivity index (χ1) is 13.7. The van der Waals surface area contributed by atoms with E-state index >= 15 is 0 Å². The fraction of sp³-hybridized carbons (Fsp3) is 0.478. The highest BCUT2D eigenvalue weighted by molar-refractivity contribution is 7.99. The molecular formula is C23H30O4S. The van der Waals surface area contributed by atoms with Gasteiger partial charge in [-0.05, 0) is 23.8 Å². The normalized spacial score (nSPS) is 27.6. The van der Waals surface area contributed by atoms with Gasteiger partial charge in [-0.1, -0.05) is 67.6 Å². The van der Waals surface area contributed by atoms with E-state index in [-0.39, 0.29) is 29.9 Å². The Morgan fingerprint density at radius 2 is 1.36 bits per heavy atom. The van der Waals surface area contributed by atoms with Crippen molar-refractivity contribution in [2.45, 2.75) is 56.9 Å². The Kier molecular flexibility index (Phi) is 8.37. The van der Waals surface area contributed by atoms with Crippen LogP contribution in [0.3, 0.4) is 0 Å². The second-order valence-electron chi connectivity index (χ2n) is 6.89. The van der Waals surface area contributed by atoms with Gasteiger partial charge in [-0.25, -0.2) is 0 Å². The van der Waals surface area contributed by atoms with E-state index in [9.17, 15) is 0 Å². The van der Waals surface area contributed by atoms with Crippen molar-refractivity contribution >= 4 is 11.8 Å². The molecule has 0 amide bonds. The smallest absolute Gasteiger partial charge is 0.132 e. The summed E-state index contributed by atoms with van der Waals surface area (Å²) in [5.41, 5.74) is 2.20. The summed E-state index contributed by atoms with van der Waals surface area (Å²) in [6, 6.07) is 20.4. The second-order valence-corrected chi connectivity index (χ2v) is 8.26. The fourth-order valence-corrected chi connectivity index (χ4v) is 4.51. The van der Waals surface area contributed by atoms with E-state index < -0.39 is 0 Å². The van der Waals surface area contributed by atoms with Gasteiger partial charge >= 0.3 is 0 Å². The Morgan fingerprint density at radius 1 is 0.821 bits per heavy atom. The number of methoxy groups -OCH3 is 1. The topological polar surface area (TPSA) is 36.9 Å². The summed E-state index contributed by atoms with van der Waals surface area (Å²) in [5.74, 6) is 0.957. The van der Waals surface area contributed by atoms with Crippen LogP contribution in [-0.4, -0.2) is 42.7 Å². The number of hydrogen-bond acceptors (Lipinski definition) is 5. The molecule has 1 aliphatic heterocycles. The molecule has 0 saturated carbocycles. The fourth-order valence-electron chi connectivity index (χ4n) is 3.47. The molecule has 2 aromatic carbocycles. The number of benzene rings is 2. The molecule has 0 unspecified atom stereocenters. The van der Waals surface area contributed by atoms with Crippen LogP contribution >= 0.6 is 11.8 Å². The number of rotatable bonds is 9. The van der Waals surface area contributed by atoms with Crippen molar-refractivity contribution in [3.8, 4) is 0 Å². The molecule has 1 fully saturated rings. The number of ether oxygens (including phenoxy) is 4. The molecule has 5 heteroatoms. The summed E-state index contributed by atoms with van der Waals surface area (Å²) in [5, 5.41) is 0. The van der Waals surface area contributed by atoms with E-state index in [1.807, 2.05) is 36.4 Å². The van der Waals surface area contributed by atoms with Gasteiger partial charge in [-0.3, -0.25) is 0 Å². The van der Waals surface area contributed by atoms with E-state index in [2.05, 4.69) is 38.1 Å². The first-order valence-electron chi connectivity index (χ1n) is 9.83. The van der Waals surface area contributed by atoms with Crippen molar-refractivity contribution in [1.29, 1.82) is 0 Å². The third-order valence-corrected chi connectivity index (χ3v) is 5.94. The maximum absolute atomic E-state index is 6.38. The molecule has 3 rings (SSSR count). The van der Waals surface area contributed by atoms with Crippen LogP contribution in [0, 0.1) is 0 Å². The van der Waals surface area contributed by atoms with Gasteiger partial charge in [0.15, 0.2) is 0 Å². The minimum atomic E-state index is -0.207. The van der Waals surface area contributed by atoms with Crippen molar-refractivity contribution in [3.05, 3.63) is 71.8 Å². The standard InChI is InChI=1S/C23H30O4S/c1-4-28-23-22(24-3)21(26-16-19-13-9-6-10-14-19)20(17(2)27-23)25-15-18-11-7-5-8-12-18/h5-14,17,20-23H,4,15-16H2,1-3H3/t17-,20-,21+,22+,23-/m0/s1. The van der Waals surface area contributed by atoms with Gasteiger partial charge in [0, 0.05) is 7.11 Å². The molecule has 0 spiro atoms. The van der Waals surface area contributed by atoms with Crippen molar-refractivity contribution < 1.29 is 18.9 Å². The Hall–Kier alpha value is -1.37. The van der Waals surface area contributed by atoms with Crippen LogP contribution in [0.25, 0.3) is 0 Å². The molecule has 1 aliphatic rings. The Balaban J connectivity index is 1.74. The predicted molar refractivity (Wildman–Crippen MR) is 113 cm³/mol. The minimum absolute atomic E-state index is 0.0673. The quantitative estimate of drug-likeness (QED) is 0.609. The monoisotopic (exact) mass is 402 g/mol. The van der Waals surface area contributed by atoms with Gasteiger partial charge in [0.1, 0.15) is 23.7 Å². The van der Waals surface area contributed by atoms with Gasteiger partial charge in [-0.2, -0.15) is 0 Å². The Morgan fingerprint density at radius 3 is 1.86 bits per heavy atom. The summed E-state index contributed by atoms with van der Waals surface area (Å²) in [6.45, 7) is 5.23. The largest absolute Gasteiger partial charge is 0.375 e. The van der Waals surface area contributed by atoms with Crippen molar-refractivity contribution in [2.24, 2.45) is 0 Å². The number of hydrogen-bond donors (Lipinski definition) is 0. The van der Waals surface area contributed by atoms with Crippen LogP contribution in [0.5, 0.6) is 0 Å². The molecule has 5 atom stereocenters. The van der Waals surface area contributed by atoms with E-state index in [4.69, 9.17) is 18.9 Å². The van der Waals surface area contributed by atoms with Crippen molar-refractivity contribution in [1.82, 2.24) is 0 Å². The van der Waals surface area contributed by atoms with Crippen LogP contribution in [0.2, 0.25) is 0 Å². The zero-order valence-electron chi connectivity index (χ0n) is 16.8. The van der Waals surface area contributed by atoms with Crippen molar-refractivity contribution in [2.75, 3.05) is 12.9 Å². The molecule has 0 bridgehead atoms. The van der Waals surface area contributed by atoms with Crippen molar-refractivity contribution in [3.63, 3.8) is 0 Å². The third kappa shape index (κ3) is 5.58. The lowest BCUT2D eigenvalue weighted by Crippen LogP contribution is -2.58. The van der Waals surface area contributed by atoms with Crippen LogP contribution in [0.4, 0.5) is 0 Å². The molecule has 1 heterocycles. The third-order valence-electron chi connectivity index (χ3n) is 4.90. The van der Waals surface area contributed by atoms with E-state index in [1.54, 1.807) is 18.9 Å². The Labute approximate surface area is 172 Å². The maximum Gasteiger partial charge on any atom is 0.132 e.